The van der Waals surface area contributed by atoms with Crippen LogP contribution in [0.1, 0.15) is 47.5 Å². The van der Waals surface area contributed by atoms with E-state index in [-0.39, 0.29) is 12.2 Å². The van der Waals surface area contributed by atoms with Crippen LogP contribution in [-0.2, 0) is 9.47 Å². The Hall–Kier alpha value is -1.24. The Morgan fingerprint density at radius 1 is 1.23 bits per heavy atom. The lowest BCUT2D eigenvalue weighted by Crippen LogP contribution is -2.52. The Morgan fingerprint density at radius 3 is 2.35 bits per heavy atom. The van der Waals surface area contributed by atoms with Crippen molar-refractivity contribution >= 4 is 20.3 Å². The van der Waals surface area contributed by atoms with Gasteiger partial charge in [0.2, 0.25) is 0 Å². The fraction of sp³-hybridized carbons (Fsp3) is 0.895. The third kappa shape index (κ3) is 8.43. The van der Waals surface area contributed by atoms with E-state index in [1.165, 1.54) is 0 Å². The molecule has 0 aromatic carbocycles. The summed E-state index contributed by atoms with van der Waals surface area (Å²) in [5, 5.41) is 3.06. The molecule has 0 saturated carbocycles. The van der Waals surface area contributed by atoms with Crippen molar-refractivity contribution in [2.24, 2.45) is 5.92 Å². The molecule has 152 valence electrons. The van der Waals surface area contributed by atoms with E-state index < -0.39 is 19.2 Å². The van der Waals surface area contributed by atoms with Crippen LogP contribution in [0.15, 0.2) is 0 Å². The minimum Gasteiger partial charge on any atom is -0.450 e. The maximum absolute atomic E-state index is 12.4. The van der Waals surface area contributed by atoms with Crippen molar-refractivity contribution < 1.29 is 19.1 Å². The number of amides is 2. The summed E-state index contributed by atoms with van der Waals surface area (Å²) in [5.74, 6) is 0.399. The molecule has 7 heteroatoms. The van der Waals surface area contributed by atoms with Crippen LogP contribution in [0.25, 0.3) is 0 Å². The zero-order chi connectivity index (χ0) is 20.2. The molecular weight excluding hydrogens is 348 g/mol. The molecule has 0 spiro atoms. The molecule has 26 heavy (non-hydrogen) atoms. The third-order valence-corrected chi connectivity index (χ3v) is 5.96. The summed E-state index contributed by atoms with van der Waals surface area (Å²) in [5.41, 5.74) is -0.967. The predicted molar refractivity (Wildman–Crippen MR) is 107 cm³/mol. The van der Waals surface area contributed by atoms with Crippen LogP contribution in [0, 0.1) is 5.92 Å². The quantitative estimate of drug-likeness (QED) is 0.684. The number of carbonyl (C=O) groups excluding carboxylic acids is 2. The summed E-state index contributed by atoms with van der Waals surface area (Å²) in [7, 11) is -1.24. The smallest absolute Gasteiger partial charge is 0.410 e. The summed E-state index contributed by atoms with van der Waals surface area (Å²) >= 11 is 0. The summed E-state index contributed by atoms with van der Waals surface area (Å²) in [4.78, 5) is 26.4. The maximum atomic E-state index is 12.4. The lowest BCUT2D eigenvalue weighted by molar-refractivity contribution is 0.0275. The SMILES string of the molecule is CC(C)CC1(NC(=O)OCC[Si](C)(C)C)CCN(C(=O)OC(C)(C)C)C1. The van der Waals surface area contributed by atoms with E-state index in [0.29, 0.717) is 32.0 Å². The molecule has 1 saturated heterocycles. The number of hydrogen-bond acceptors (Lipinski definition) is 4. The van der Waals surface area contributed by atoms with Gasteiger partial charge in [0, 0.05) is 21.2 Å². The largest absolute Gasteiger partial charge is 0.450 e. The highest BCUT2D eigenvalue weighted by Gasteiger charge is 2.43. The zero-order valence-corrected chi connectivity index (χ0v) is 18.9. The van der Waals surface area contributed by atoms with Crippen molar-refractivity contribution in [2.45, 2.75) is 84.3 Å². The van der Waals surface area contributed by atoms with Crippen LogP contribution >= 0.6 is 0 Å². The molecule has 1 atom stereocenters. The Bertz CT molecular complexity index is 497. The maximum Gasteiger partial charge on any atom is 0.410 e. The summed E-state index contributed by atoms with van der Waals surface area (Å²) in [6.45, 7) is 18.1. The first-order chi connectivity index (χ1) is 11.7. The molecule has 1 rings (SSSR count). The van der Waals surface area contributed by atoms with Crippen molar-refractivity contribution in [3.05, 3.63) is 0 Å². The first kappa shape index (κ1) is 22.8. The fourth-order valence-corrected chi connectivity index (χ4v) is 3.87. The van der Waals surface area contributed by atoms with Crippen molar-refractivity contribution in [3.8, 4) is 0 Å². The molecule has 1 heterocycles. The highest BCUT2D eigenvalue weighted by atomic mass is 28.3. The van der Waals surface area contributed by atoms with Crippen LogP contribution < -0.4 is 5.32 Å². The van der Waals surface area contributed by atoms with Gasteiger partial charge in [0.05, 0.1) is 12.1 Å². The summed E-state index contributed by atoms with van der Waals surface area (Å²) < 4.78 is 10.9. The monoisotopic (exact) mass is 386 g/mol. The number of hydrogen-bond donors (Lipinski definition) is 1. The highest BCUT2D eigenvalue weighted by molar-refractivity contribution is 6.76. The Labute approximate surface area is 160 Å². The van der Waals surface area contributed by atoms with Gasteiger partial charge in [-0.1, -0.05) is 33.5 Å². The van der Waals surface area contributed by atoms with Crippen molar-refractivity contribution in [1.82, 2.24) is 10.2 Å². The van der Waals surface area contributed by atoms with Crippen LogP contribution in [0.3, 0.4) is 0 Å². The first-order valence-electron chi connectivity index (χ1n) is 9.64. The van der Waals surface area contributed by atoms with Crippen LogP contribution in [0.2, 0.25) is 25.7 Å². The van der Waals surface area contributed by atoms with Gasteiger partial charge in [-0.15, -0.1) is 0 Å². The van der Waals surface area contributed by atoms with Gasteiger partial charge in [-0.25, -0.2) is 9.59 Å². The van der Waals surface area contributed by atoms with Crippen molar-refractivity contribution in [1.29, 1.82) is 0 Å². The number of rotatable bonds is 6. The average molecular weight is 387 g/mol. The standard InChI is InChI=1S/C19H38N2O4Si/c1-15(2)13-19(20-16(22)24-11-12-26(6,7)8)9-10-21(14-19)17(23)25-18(3,4)5/h15H,9-14H2,1-8H3,(H,20,22). The Balaban J connectivity index is 2.68. The Kier molecular flexibility index (Phi) is 7.57. The first-order valence-corrected chi connectivity index (χ1v) is 13.3. The molecule has 1 N–H and O–H groups in total. The van der Waals surface area contributed by atoms with Crippen LogP contribution in [0.5, 0.6) is 0 Å². The third-order valence-electron chi connectivity index (χ3n) is 4.26. The number of nitrogens with one attached hydrogen (secondary N) is 1. The molecule has 1 unspecified atom stereocenters. The summed E-state index contributed by atoms with van der Waals surface area (Å²) in [6.07, 6.45) is 0.815. The van der Waals surface area contributed by atoms with Gasteiger partial charge in [0.1, 0.15) is 5.60 Å². The molecule has 2 amide bonds. The molecule has 6 nitrogen and oxygen atoms in total. The second-order valence-corrected chi connectivity index (χ2v) is 15.7. The molecule has 1 aliphatic heterocycles. The number of nitrogens with zero attached hydrogens (tertiary/aromatic N) is 1. The van der Waals surface area contributed by atoms with Gasteiger partial charge in [-0.3, -0.25) is 0 Å². The van der Waals surface area contributed by atoms with Gasteiger partial charge < -0.3 is 19.7 Å². The number of ether oxygens (including phenoxy) is 2. The minimum atomic E-state index is -1.24. The van der Waals surface area contributed by atoms with Crippen LogP contribution in [0.4, 0.5) is 9.59 Å². The predicted octanol–water partition coefficient (Wildman–Crippen LogP) is 4.48. The second-order valence-electron chi connectivity index (χ2n) is 10.1. The van der Waals surface area contributed by atoms with Gasteiger partial charge >= 0.3 is 12.2 Å². The van der Waals surface area contributed by atoms with Gasteiger partial charge in [-0.2, -0.15) is 0 Å². The van der Waals surface area contributed by atoms with E-state index in [4.69, 9.17) is 9.47 Å². The molecule has 0 aromatic heterocycles. The lowest BCUT2D eigenvalue weighted by atomic mass is 9.88. The average Bonchev–Trinajstić information content (AvgIpc) is 2.78. The number of carbonyl (C=O) groups is 2. The normalized spacial score (nSPS) is 21.0. The van der Waals surface area contributed by atoms with E-state index in [0.717, 1.165) is 12.5 Å². The topological polar surface area (TPSA) is 67.9 Å². The number of likely N-dealkylation sites (tertiary alicyclic amines) is 1. The minimum absolute atomic E-state index is 0.322. The number of alkyl carbamates (subject to hydrolysis) is 1. The van der Waals surface area contributed by atoms with E-state index in [9.17, 15) is 9.59 Å². The van der Waals surface area contributed by atoms with E-state index in [2.05, 4.69) is 38.8 Å². The molecule has 1 fully saturated rings. The molecule has 0 aliphatic carbocycles. The van der Waals surface area contributed by atoms with Crippen molar-refractivity contribution in [3.63, 3.8) is 0 Å². The van der Waals surface area contributed by atoms with E-state index in [1.807, 2.05) is 20.8 Å². The van der Waals surface area contributed by atoms with Gasteiger partial charge in [0.25, 0.3) is 0 Å². The van der Waals surface area contributed by atoms with E-state index in [1.54, 1.807) is 4.90 Å². The molecule has 0 aromatic rings. The Morgan fingerprint density at radius 2 is 1.85 bits per heavy atom. The second kappa shape index (κ2) is 8.63. The van der Waals surface area contributed by atoms with Crippen molar-refractivity contribution in [2.75, 3.05) is 19.7 Å². The summed E-state index contributed by atoms with van der Waals surface area (Å²) in [6, 6.07) is 0.946. The molecular formula is C19H38N2O4Si. The molecule has 1 aliphatic rings. The lowest BCUT2D eigenvalue weighted by Gasteiger charge is -2.32. The molecule has 0 radical (unpaired) electrons. The zero-order valence-electron chi connectivity index (χ0n) is 17.9. The van der Waals surface area contributed by atoms with Crippen LogP contribution in [-0.4, -0.2) is 56.0 Å². The van der Waals surface area contributed by atoms with Gasteiger partial charge in [-0.05, 0) is 45.6 Å². The van der Waals surface area contributed by atoms with Gasteiger partial charge in [0.15, 0.2) is 0 Å². The van der Waals surface area contributed by atoms with E-state index >= 15 is 0 Å². The molecule has 0 bridgehead atoms. The highest BCUT2D eigenvalue weighted by Crippen LogP contribution is 2.29. The fourth-order valence-electron chi connectivity index (χ4n) is 3.16.